The molecule has 1 aromatic rings. The number of nitrogens with zero attached hydrogens (tertiary/aromatic N) is 1. The Kier molecular flexibility index (Phi) is 6.24. The monoisotopic (exact) mass is 289 g/mol. The molecule has 1 atom stereocenters. The lowest BCUT2D eigenvalue weighted by Crippen LogP contribution is -2.31. The van der Waals surface area contributed by atoms with Gasteiger partial charge in [0.15, 0.2) is 5.78 Å². The number of ether oxygens (including phenoxy) is 1. The van der Waals surface area contributed by atoms with E-state index in [0.717, 1.165) is 19.0 Å². The second-order valence-corrected chi connectivity index (χ2v) is 5.99. The van der Waals surface area contributed by atoms with Gasteiger partial charge in [-0.25, -0.2) is 0 Å². The van der Waals surface area contributed by atoms with Crippen LogP contribution in [-0.2, 0) is 0 Å². The molecule has 1 unspecified atom stereocenters. The van der Waals surface area contributed by atoms with Crippen molar-refractivity contribution in [3.8, 4) is 5.75 Å². The summed E-state index contributed by atoms with van der Waals surface area (Å²) in [4.78, 5) is 14.8. The second kappa shape index (κ2) is 8.18. The normalized spacial score (nSPS) is 20.0. The number of carbonyl (C=O) groups excluding carboxylic acids is 1. The zero-order valence-corrected chi connectivity index (χ0v) is 13.3. The van der Waals surface area contributed by atoms with Gasteiger partial charge in [0, 0.05) is 0 Å². The first kappa shape index (κ1) is 16.0. The lowest BCUT2D eigenvalue weighted by atomic mass is 9.96. The van der Waals surface area contributed by atoms with Crippen LogP contribution in [0, 0.1) is 5.92 Å². The van der Waals surface area contributed by atoms with Gasteiger partial charge >= 0.3 is 0 Å². The third-order valence-corrected chi connectivity index (χ3v) is 4.41. The molecule has 0 aromatic heterocycles. The van der Waals surface area contributed by atoms with Crippen LogP contribution in [0.3, 0.4) is 0 Å². The smallest absolute Gasteiger partial charge is 0.180 e. The Morgan fingerprint density at radius 2 is 2.10 bits per heavy atom. The van der Waals surface area contributed by atoms with Gasteiger partial charge < -0.3 is 4.74 Å². The minimum absolute atomic E-state index is 0.168. The minimum Gasteiger partial charge on any atom is -0.496 e. The molecule has 2 rings (SSSR count). The molecule has 3 nitrogen and oxygen atoms in total. The number of Topliss-reactive ketones (excluding diaryl/α,β-unsaturated/α-hetero) is 1. The first-order valence-corrected chi connectivity index (χ1v) is 8.13. The zero-order valence-electron chi connectivity index (χ0n) is 13.3. The maximum absolute atomic E-state index is 12.5. The number of rotatable bonds is 6. The van der Waals surface area contributed by atoms with Crippen molar-refractivity contribution in [2.45, 2.75) is 39.0 Å². The minimum atomic E-state index is 0.168. The molecule has 0 saturated carbocycles. The molecule has 1 fully saturated rings. The van der Waals surface area contributed by atoms with Crippen molar-refractivity contribution < 1.29 is 9.53 Å². The van der Waals surface area contributed by atoms with Crippen LogP contribution in [0.4, 0.5) is 0 Å². The summed E-state index contributed by atoms with van der Waals surface area (Å²) in [5.74, 6) is 1.70. The fourth-order valence-electron chi connectivity index (χ4n) is 3.24. The van der Waals surface area contributed by atoms with E-state index in [-0.39, 0.29) is 5.78 Å². The van der Waals surface area contributed by atoms with Crippen LogP contribution in [0.25, 0.3) is 0 Å². The molecule has 0 bridgehead atoms. The topological polar surface area (TPSA) is 29.5 Å². The van der Waals surface area contributed by atoms with Crippen molar-refractivity contribution in [2.24, 2.45) is 5.92 Å². The number of para-hydroxylation sites is 1. The van der Waals surface area contributed by atoms with E-state index in [4.69, 9.17) is 4.74 Å². The van der Waals surface area contributed by atoms with Gasteiger partial charge in [0.1, 0.15) is 5.75 Å². The number of methoxy groups -OCH3 is 1. The van der Waals surface area contributed by atoms with Gasteiger partial charge in [0.2, 0.25) is 0 Å². The average molecular weight is 289 g/mol. The van der Waals surface area contributed by atoms with Gasteiger partial charge in [-0.05, 0) is 50.4 Å². The molecular weight excluding hydrogens is 262 g/mol. The number of likely N-dealkylation sites (tertiary alicyclic amines) is 1. The molecule has 0 N–H and O–H groups in total. The van der Waals surface area contributed by atoms with Gasteiger partial charge in [-0.1, -0.05) is 31.9 Å². The molecule has 1 aliphatic rings. The Morgan fingerprint density at radius 3 is 2.86 bits per heavy atom. The summed E-state index contributed by atoms with van der Waals surface area (Å²) in [6.45, 7) is 4.86. The van der Waals surface area contributed by atoms with Crippen molar-refractivity contribution in [3.63, 3.8) is 0 Å². The fourth-order valence-corrected chi connectivity index (χ4v) is 3.24. The summed E-state index contributed by atoms with van der Waals surface area (Å²) < 4.78 is 5.29. The van der Waals surface area contributed by atoms with Crippen molar-refractivity contribution >= 4 is 5.78 Å². The highest BCUT2D eigenvalue weighted by molar-refractivity contribution is 6.00. The van der Waals surface area contributed by atoms with E-state index < -0.39 is 0 Å². The van der Waals surface area contributed by atoms with E-state index in [1.54, 1.807) is 7.11 Å². The van der Waals surface area contributed by atoms with Gasteiger partial charge in [-0.3, -0.25) is 9.69 Å². The van der Waals surface area contributed by atoms with Gasteiger partial charge in [-0.15, -0.1) is 0 Å². The van der Waals surface area contributed by atoms with Crippen molar-refractivity contribution in [3.05, 3.63) is 29.8 Å². The van der Waals surface area contributed by atoms with Gasteiger partial charge in [0.25, 0.3) is 0 Å². The molecule has 1 heterocycles. The number of hydrogen-bond acceptors (Lipinski definition) is 3. The van der Waals surface area contributed by atoms with Crippen LogP contribution in [0.2, 0.25) is 0 Å². The highest BCUT2D eigenvalue weighted by Crippen LogP contribution is 2.23. The van der Waals surface area contributed by atoms with Crippen molar-refractivity contribution in [2.75, 3.05) is 26.7 Å². The Balaban J connectivity index is 1.93. The van der Waals surface area contributed by atoms with Crippen molar-refractivity contribution in [1.29, 1.82) is 0 Å². The van der Waals surface area contributed by atoms with Crippen LogP contribution < -0.4 is 4.74 Å². The molecule has 0 aliphatic carbocycles. The Labute approximate surface area is 128 Å². The maximum Gasteiger partial charge on any atom is 0.180 e. The van der Waals surface area contributed by atoms with E-state index >= 15 is 0 Å². The first-order valence-electron chi connectivity index (χ1n) is 8.13. The lowest BCUT2D eigenvalue weighted by molar-refractivity contribution is 0.0929. The Hall–Kier alpha value is -1.35. The Morgan fingerprint density at radius 1 is 1.29 bits per heavy atom. The molecule has 116 valence electrons. The van der Waals surface area contributed by atoms with E-state index in [1.165, 1.54) is 32.1 Å². The maximum atomic E-state index is 12.5. The van der Waals surface area contributed by atoms with E-state index in [2.05, 4.69) is 11.8 Å². The van der Waals surface area contributed by atoms with Crippen LogP contribution in [0.5, 0.6) is 5.75 Å². The van der Waals surface area contributed by atoms with E-state index in [1.807, 2.05) is 24.3 Å². The molecule has 1 aromatic carbocycles. The van der Waals surface area contributed by atoms with Crippen LogP contribution in [0.1, 0.15) is 49.4 Å². The second-order valence-electron chi connectivity index (χ2n) is 5.99. The fraction of sp³-hybridized carbons (Fsp3) is 0.611. The molecular formula is C18H27NO2. The molecule has 3 heteroatoms. The molecule has 1 aliphatic heterocycles. The number of hydrogen-bond donors (Lipinski definition) is 0. The summed E-state index contributed by atoms with van der Waals surface area (Å²) in [7, 11) is 1.62. The summed E-state index contributed by atoms with van der Waals surface area (Å²) in [6, 6.07) is 7.51. The SMILES string of the molecule is CCCC1CCCN(CC(=O)c2ccccc2OC)CC1. The van der Waals surface area contributed by atoms with Crippen molar-refractivity contribution in [1.82, 2.24) is 4.90 Å². The first-order chi connectivity index (χ1) is 10.2. The standard InChI is InChI=1S/C18H27NO2/c1-3-7-15-8-6-12-19(13-11-15)14-17(20)16-9-4-5-10-18(16)21-2/h4-5,9-10,15H,3,6-8,11-14H2,1-2H3. The molecule has 1 saturated heterocycles. The zero-order chi connectivity index (χ0) is 15.1. The number of carbonyl (C=O) groups is 1. The summed E-state index contributed by atoms with van der Waals surface area (Å²) >= 11 is 0. The van der Waals surface area contributed by atoms with Crippen LogP contribution >= 0.6 is 0 Å². The van der Waals surface area contributed by atoms with E-state index in [9.17, 15) is 4.79 Å². The van der Waals surface area contributed by atoms with Gasteiger partial charge in [-0.2, -0.15) is 0 Å². The third-order valence-electron chi connectivity index (χ3n) is 4.41. The van der Waals surface area contributed by atoms with Crippen LogP contribution in [-0.4, -0.2) is 37.4 Å². The Bertz CT molecular complexity index is 458. The average Bonchev–Trinajstić information content (AvgIpc) is 2.73. The van der Waals surface area contributed by atoms with Crippen LogP contribution in [0.15, 0.2) is 24.3 Å². The molecule has 0 radical (unpaired) electrons. The summed E-state index contributed by atoms with van der Waals surface area (Å²) in [6.07, 6.45) is 6.35. The summed E-state index contributed by atoms with van der Waals surface area (Å²) in [5.41, 5.74) is 0.703. The molecule has 0 spiro atoms. The quantitative estimate of drug-likeness (QED) is 0.746. The highest BCUT2D eigenvalue weighted by atomic mass is 16.5. The number of benzene rings is 1. The largest absolute Gasteiger partial charge is 0.496 e. The van der Waals surface area contributed by atoms with Gasteiger partial charge in [0.05, 0.1) is 19.2 Å². The highest BCUT2D eigenvalue weighted by Gasteiger charge is 2.20. The van der Waals surface area contributed by atoms with E-state index in [0.29, 0.717) is 17.9 Å². The predicted molar refractivity (Wildman–Crippen MR) is 86.0 cm³/mol. The predicted octanol–water partition coefficient (Wildman–Crippen LogP) is 3.78. The molecule has 21 heavy (non-hydrogen) atoms. The third kappa shape index (κ3) is 4.57. The summed E-state index contributed by atoms with van der Waals surface area (Å²) in [5, 5.41) is 0. The number of ketones is 1. The molecule has 0 amide bonds. The lowest BCUT2D eigenvalue weighted by Gasteiger charge is -2.19.